The molecular weight excluding hydrogens is 442 g/mol. The van der Waals surface area contributed by atoms with Gasteiger partial charge in [-0.05, 0) is 43.2 Å². The molecule has 3 rings (SSSR count). The number of carbonyl (C=O) groups is 2. The summed E-state index contributed by atoms with van der Waals surface area (Å²) >= 11 is 6.06. The smallest absolute Gasteiger partial charge is 0.416 e. The zero-order chi connectivity index (χ0) is 22.8. The second-order valence-electron chi connectivity index (χ2n) is 6.93. The van der Waals surface area contributed by atoms with Crippen molar-refractivity contribution in [3.8, 4) is 5.75 Å². The molecule has 10 heteroatoms. The Balaban J connectivity index is 1.69. The van der Waals surface area contributed by atoms with Crippen LogP contribution in [0, 0.1) is 5.82 Å². The lowest BCUT2D eigenvalue weighted by Crippen LogP contribution is -2.39. The first-order valence-electron chi connectivity index (χ1n) is 9.30. The van der Waals surface area contributed by atoms with Gasteiger partial charge in [-0.15, -0.1) is 0 Å². The molecule has 0 bridgehead atoms. The van der Waals surface area contributed by atoms with Gasteiger partial charge in [0.15, 0.2) is 0 Å². The Morgan fingerprint density at radius 1 is 1.19 bits per heavy atom. The Morgan fingerprint density at radius 2 is 1.87 bits per heavy atom. The van der Waals surface area contributed by atoms with E-state index in [1.807, 2.05) is 0 Å². The van der Waals surface area contributed by atoms with Crippen molar-refractivity contribution in [2.24, 2.45) is 0 Å². The Morgan fingerprint density at radius 3 is 2.48 bits per heavy atom. The normalized spacial score (nSPS) is 16.3. The van der Waals surface area contributed by atoms with Gasteiger partial charge in [0.25, 0.3) is 5.91 Å². The van der Waals surface area contributed by atoms with Gasteiger partial charge in [0, 0.05) is 18.2 Å². The summed E-state index contributed by atoms with van der Waals surface area (Å²) in [5.41, 5.74) is -1.04. The van der Waals surface area contributed by atoms with E-state index in [4.69, 9.17) is 16.3 Å². The number of likely N-dealkylation sites (tertiary alicyclic amines) is 1. The first-order valence-corrected chi connectivity index (χ1v) is 9.68. The zero-order valence-electron chi connectivity index (χ0n) is 16.3. The van der Waals surface area contributed by atoms with Crippen molar-refractivity contribution in [2.75, 3.05) is 20.3 Å². The minimum atomic E-state index is -4.48. The van der Waals surface area contributed by atoms with Crippen LogP contribution >= 0.6 is 11.6 Å². The predicted octanol–water partition coefficient (Wildman–Crippen LogP) is 4.97. The van der Waals surface area contributed by atoms with E-state index < -0.39 is 29.4 Å². The lowest BCUT2D eigenvalue weighted by atomic mass is 10.1. The fraction of sp³-hybridized carbons (Fsp3) is 0.333. The number of hydrogen-bond donors (Lipinski definition) is 0. The molecule has 1 heterocycles. The molecule has 1 saturated heterocycles. The summed E-state index contributed by atoms with van der Waals surface area (Å²) in [5.74, 6) is -2.16. The van der Waals surface area contributed by atoms with E-state index in [-0.39, 0.29) is 34.5 Å². The quantitative estimate of drug-likeness (QED) is 0.468. The standard InChI is InChI=1S/C21H18ClF4NO4/c1-30-20(29)15-9-16(22)18(10-17(15)23)31-11-14-3-2-8-27(14)19(28)12-4-6-13(7-5-12)21(24,25)26/h4-7,9-10,14H,2-3,8,11H2,1H3/t14-/m1/s1. The zero-order valence-corrected chi connectivity index (χ0v) is 17.1. The van der Waals surface area contributed by atoms with E-state index in [1.54, 1.807) is 0 Å². The Kier molecular flexibility index (Phi) is 6.74. The fourth-order valence-corrected chi connectivity index (χ4v) is 3.55. The Bertz CT molecular complexity index is 979. The summed E-state index contributed by atoms with van der Waals surface area (Å²) in [7, 11) is 1.11. The molecule has 0 aromatic heterocycles. The molecule has 0 aliphatic carbocycles. The number of ether oxygens (including phenoxy) is 2. The van der Waals surface area contributed by atoms with Crippen LogP contribution in [0.15, 0.2) is 36.4 Å². The molecule has 2 aromatic carbocycles. The van der Waals surface area contributed by atoms with Gasteiger partial charge in [0.05, 0.1) is 29.3 Å². The summed E-state index contributed by atoms with van der Waals surface area (Å²) in [6, 6.07) is 5.69. The first kappa shape index (κ1) is 22.9. The average molecular weight is 460 g/mol. The maximum atomic E-state index is 14.1. The molecule has 166 valence electrons. The highest BCUT2D eigenvalue weighted by Gasteiger charge is 2.33. The van der Waals surface area contributed by atoms with Crippen molar-refractivity contribution in [2.45, 2.75) is 25.1 Å². The number of alkyl halides is 3. The molecule has 31 heavy (non-hydrogen) atoms. The van der Waals surface area contributed by atoms with Crippen molar-refractivity contribution >= 4 is 23.5 Å². The Labute approximate surface area is 180 Å². The lowest BCUT2D eigenvalue weighted by Gasteiger charge is -2.25. The predicted molar refractivity (Wildman–Crippen MR) is 104 cm³/mol. The van der Waals surface area contributed by atoms with Gasteiger partial charge in [0.2, 0.25) is 0 Å². The van der Waals surface area contributed by atoms with Crippen LogP contribution in [0.3, 0.4) is 0 Å². The maximum absolute atomic E-state index is 14.1. The minimum absolute atomic E-state index is 0.000382. The van der Waals surface area contributed by atoms with Gasteiger partial charge in [-0.2, -0.15) is 13.2 Å². The molecule has 0 saturated carbocycles. The lowest BCUT2D eigenvalue weighted by molar-refractivity contribution is -0.137. The number of amides is 1. The van der Waals surface area contributed by atoms with Crippen molar-refractivity contribution < 1.29 is 36.6 Å². The molecule has 2 aromatic rings. The SMILES string of the molecule is COC(=O)c1cc(Cl)c(OC[C@H]2CCCN2C(=O)c2ccc(C(F)(F)F)cc2)cc1F. The minimum Gasteiger partial charge on any atom is -0.490 e. The van der Waals surface area contributed by atoms with Gasteiger partial charge >= 0.3 is 12.1 Å². The fourth-order valence-electron chi connectivity index (χ4n) is 3.34. The van der Waals surface area contributed by atoms with Crippen LogP contribution in [0.4, 0.5) is 17.6 Å². The molecule has 5 nitrogen and oxygen atoms in total. The highest BCUT2D eigenvalue weighted by atomic mass is 35.5. The second-order valence-corrected chi connectivity index (χ2v) is 7.34. The van der Waals surface area contributed by atoms with Gasteiger partial charge in [-0.25, -0.2) is 9.18 Å². The number of rotatable bonds is 5. The van der Waals surface area contributed by atoms with E-state index in [0.717, 1.165) is 43.5 Å². The summed E-state index contributed by atoms with van der Waals surface area (Å²) in [6.07, 6.45) is -3.19. The first-order chi connectivity index (χ1) is 14.6. The Hall–Kier alpha value is -2.81. The number of benzene rings is 2. The van der Waals surface area contributed by atoms with Gasteiger partial charge in [0.1, 0.15) is 18.2 Å². The van der Waals surface area contributed by atoms with Crippen molar-refractivity contribution in [3.63, 3.8) is 0 Å². The van der Waals surface area contributed by atoms with Crippen molar-refractivity contribution in [1.29, 1.82) is 0 Å². The molecule has 1 fully saturated rings. The van der Waals surface area contributed by atoms with Gasteiger partial charge < -0.3 is 14.4 Å². The van der Waals surface area contributed by atoms with Crippen molar-refractivity contribution in [1.82, 2.24) is 4.90 Å². The monoisotopic (exact) mass is 459 g/mol. The average Bonchev–Trinajstić information content (AvgIpc) is 3.21. The van der Waals surface area contributed by atoms with Gasteiger partial charge in [-0.1, -0.05) is 11.6 Å². The summed E-state index contributed by atoms with van der Waals surface area (Å²) in [6.45, 7) is 0.417. The third-order valence-corrected chi connectivity index (χ3v) is 5.25. The van der Waals surface area contributed by atoms with E-state index in [0.29, 0.717) is 19.4 Å². The molecule has 1 aliphatic rings. The summed E-state index contributed by atoms with van der Waals surface area (Å²) in [4.78, 5) is 25.8. The molecular formula is C21H18ClF4NO4. The summed E-state index contributed by atoms with van der Waals surface area (Å²) in [5, 5.41) is 0.000382. The number of esters is 1. The topological polar surface area (TPSA) is 55.8 Å². The third-order valence-electron chi connectivity index (χ3n) is 4.96. The molecule has 0 unspecified atom stereocenters. The highest BCUT2D eigenvalue weighted by molar-refractivity contribution is 6.32. The molecule has 0 N–H and O–H groups in total. The van der Waals surface area contributed by atoms with Crippen LogP contribution in [0.25, 0.3) is 0 Å². The molecule has 1 atom stereocenters. The van der Waals surface area contributed by atoms with Crippen LogP contribution in [-0.4, -0.2) is 43.1 Å². The molecule has 1 amide bonds. The van der Waals surface area contributed by atoms with Gasteiger partial charge in [-0.3, -0.25) is 4.79 Å². The second kappa shape index (κ2) is 9.13. The van der Waals surface area contributed by atoms with E-state index >= 15 is 0 Å². The molecule has 1 aliphatic heterocycles. The maximum Gasteiger partial charge on any atom is 0.416 e. The molecule has 0 spiro atoms. The largest absolute Gasteiger partial charge is 0.490 e. The highest BCUT2D eigenvalue weighted by Crippen LogP contribution is 2.31. The van der Waals surface area contributed by atoms with E-state index in [2.05, 4.69) is 4.74 Å². The van der Waals surface area contributed by atoms with Crippen LogP contribution in [0.2, 0.25) is 5.02 Å². The van der Waals surface area contributed by atoms with Crippen LogP contribution < -0.4 is 4.74 Å². The summed E-state index contributed by atoms with van der Waals surface area (Å²) < 4.78 is 62.3. The number of nitrogens with zero attached hydrogens (tertiary/aromatic N) is 1. The number of hydrogen-bond acceptors (Lipinski definition) is 4. The number of carbonyl (C=O) groups excluding carboxylic acids is 2. The van der Waals surface area contributed by atoms with E-state index in [1.165, 1.54) is 4.90 Å². The van der Waals surface area contributed by atoms with Crippen LogP contribution in [0.5, 0.6) is 5.75 Å². The number of halogens is 5. The van der Waals surface area contributed by atoms with E-state index in [9.17, 15) is 27.2 Å². The third kappa shape index (κ3) is 5.10. The number of methoxy groups -OCH3 is 1. The van der Waals surface area contributed by atoms with Crippen LogP contribution in [0.1, 0.15) is 39.1 Å². The van der Waals surface area contributed by atoms with Crippen LogP contribution in [-0.2, 0) is 10.9 Å². The molecule has 0 radical (unpaired) electrons. The van der Waals surface area contributed by atoms with Crippen molar-refractivity contribution in [3.05, 3.63) is 63.9 Å².